The van der Waals surface area contributed by atoms with E-state index in [1.54, 1.807) is 0 Å². The third-order valence-electron chi connectivity index (χ3n) is 2.25. The maximum absolute atomic E-state index is 10.6. The summed E-state index contributed by atoms with van der Waals surface area (Å²) >= 11 is 0. The quantitative estimate of drug-likeness (QED) is 0.624. The minimum Gasteiger partial charge on any atom is -0.371 e. The first-order valence-electron chi connectivity index (χ1n) is 4.23. The van der Waals surface area contributed by atoms with Crippen molar-refractivity contribution in [2.24, 2.45) is 0 Å². The second-order valence-corrected chi connectivity index (χ2v) is 3.80. The summed E-state index contributed by atoms with van der Waals surface area (Å²) in [5.41, 5.74) is -0.0502. The van der Waals surface area contributed by atoms with Crippen molar-refractivity contribution < 1.29 is 9.53 Å². The highest BCUT2D eigenvalue weighted by Crippen LogP contribution is 2.25. The Bertz CT molecular complexity index is 153. The van der Waals surface area contributed by atoms with Gasteiger partial charge in [-0.3, -0.25) is 4.79 Å². The zero-order valence-corrected chi connectivity index (χ0v) is 7.52. The van der Waals surface area contributed by atoms with Crippen LogP contribution in [-0.2, 0) is 9.53 Å². The molecule has 0 N–H and O–H groups in total. The number of Topliss-reactive ketones (excluding diaryl/α,β-unsaturated/α-hetero) is 1. The normalized spacial score (nSPS) is 20.1. The molecule has 1 aliphatic carbocycles. The van der Waals surface area contributed by atoms with Gasteiger partial charge in [0.2, 0.25) is 0 Å². The highest BCUT2D eigenvalue weighted by molar-refractivity contribution is 5.85. The first-order chi connectivity index (χ1) is 5.03. The van der Waals surface area contributed by atoms with E-state index in [2.05, 4.69) is 20.8 Å². The van der Waals surface area contributed by atoms with Gasteiger partial charge in [-0.05, 0) is 20.3 Å². The van der Waals surface area contributed by atoms with Gasteiger partial charge in [0, 0.05) is 12.8 Å². The summed E-state index contributed by atoms with van der Waals surface area (Å²) in [4.78, 5) is 10.6. The summed E-state index contributed by atoms with van der Waals surface area (Å²) in [5.74, 6) is 0.335. The molecule has 0 bridgehead atoms. The van der Waals surface area contributed by atoms with Gasteiger partial charge in [-0.2, -0.15) is 0 Å². The maximum Gasteiger partial charge on any atom is 0.138 e. The van der Waals surface area contributed by atoms with Crippen molar-refractivity contribution in [3.05, 3.63) is 0 Å². The Morgan fingerprint density at radius 3 is 2.45 bits per heavy atom. The summed E-state index contributed by atoms with van der Waals surface area (Å²) in [6, 6.07) is 0. The molecule has 1 fully saturated rings. The van der Waals surface area contributed by atoms with Crippen molar-refractivity contribution in [1.82, 2.24) is 0 Å². The summed E-state index contributed by atoms with van der Waals surface area (Å²) in [6.07, 6.45) is 2.46. The average molecular weight is 156 g/mol. The Balaban J connectivity index is 2.26. The minimum atomic E-state index is -0.0502. The molecular weight excluding hydrogens is 140 g/mol. The smallest absolute Gasteiger partial charge is 0.138 e. The third kappa shape index (κ3) is 2.29. The van der Waals surface area contributed by atoms with Crippen LogP contribution < -0.4 is 0 Å². The largest absolute Gasteiger partial charge is 0.371 e. The molecule has 1 rings (SSSR count). The fraction of sp³-hybridized carbons (Fsp3) is 0.889. The van der Waals surface area contributed by atoms with Gasteiger partial charge in [-0.1, -0.05) is 6.92 Å². The molecule has 0 aromatic rings. The van der Waals surface area contributed by atoms with E-state index in [1.165, 1.54) is 0 Å². The topological polar surface area (TPSA) is 26.3 Å². The van der Waals surface area contributed by atoms with Crippen molar-refractivity contribution >= 4 is 5.78 Å². The van der Waals surface area contributed by atoms with Gasteiger partial charge in [0.1, 0.15) is 5.78 Å². The lowest BCUT2D eigenvalue weighted by Crippen LogP contribution is -2.38. The van der Waals surface area contributed by atoms with Crippen LogP contribution in [0, 0.1) is 0 Å². The van der Waals surface area contributed by atoms with E-state index >= 15 is 0 Å². The Morgan fingerprint density at radius 1 is 1.55 bits per heavy atom. The summed E-state index contributed by atoms with van der Waals surface area (Å²) in [6.45, 7) is 6.23. The van der Waals surface area contributed by atoms with Crippen molar-refractivity contribution in [1.29, 1.82) is 0 Å². The lowest BCUT2D eigenvalue weighted by Gasteiger charge is -2.33. The molecule has 64 valence electrons. The van der Waals surface area contributed by atoms with E-state index in [9.17, 15) is 4.79 Å². The van der Waals surface area contributed by atoms with Gasteiger partial charge in [0.05, 0.1) is 11.7 Å². The zero-order valence-electron chi connectivity index (χ0n) is 7.52. The molecule has 0 saturated heterocycles. The lowest BCUT2D eigenvalue weighted by atomic mass is 9.93. The highest BCUT2D eigenvalue weighted by Gasteiger charge is 2.31. The van der Waals surface area contributed by atoms with Gasteiger partial charge in [-0.25, -0.2) is 0 Å². The Labute approximate surface area is 67.9 Å². The first-order valence-corrected chi connectivity index (χ1v) is 4.23. The predicted octanol–water partition coefficient (Wildman–Crippen LogP) is 1.92. The molecule has 0 spiro atoms. The molecule has 1 aliphatic rings. The highest BCUT2D eigenvalue weighted by atomic mass is 16.5. The van der Waals surface area contributed by atoms with Crippen LogP contribution in [0.2, 0.25) is 0 Å². The van der Waals surface area contributed by atoms with E-state index in [1.807, 2.05) is 0 Å². The number of ether oxygens (including phenoxy) is 1. The monoisotopic (exact) mass is 156 g/mol. The van der Waals surface area contributed by atoms with Crippen LogP contribution in [0.3, 0.4) is 0 Å². The molecule has 2 heteroatoms. The van der Waals surface area contributed by atoms with E-state index < -0.39 is 0 Å². The van der Waals surface area contributed by atoms with Crippen molar-refractivity contribution in [3.63, 3.8) is 0 Å². The summed E-state index contributed by atoms with van der Waals surface area (Å²) in [7, 11) is 0. The van der Waals surface area contributed by atoms with Crippen molar-refractivity contribution in [3.8, 4) is 0 Å². The number of rotatable bonds is 3. The number of carbonyl (C=O) groups is 1. The Morgan fingerprint density at radius 2 is 2.09 bits per heavy atom. The second kappa shape index (κ2) is 2.94. The van der Waals surface area contributed by atoms with E-state index in [4.69, 9.17) is 4.74 Å². The fourth-order valence-corrected chi connectivity index (χ4v) is 1.07. The van der Waals surface area contributed by atoms with E-state index in [-0.39, 0.29) is 11.7 Å². The van der Waals surface area contributed by atoms with Gasteiger partial charge in [0.15, 0.2) is 0 Å². The van der Waals surface area contributed by atoms with E-state index in [0.717, 1.165) is 6.42 Å². The fourth-order valence-electron chi connectivity index (χ4n) is 1.07. The minimum absolute atomic E-state index is 0.0502. The van der Waals surface area contributed by atoms with Crippen LogP contribution in [0.15, 0.2) is 0 Å². The van der Waals surface area contributed by atoms with Gasteiger partial charge in [-0.15, -0.1) is 0 Å². The SMILES string of the molecule is CCC(C)(C)OC1CC(=O)C1. The summed E-state index contributed by atoms with van der Waals surface area (Å²) < 4.78 is 5.67. The van der Waals surface area contributed by atoms with Gasteiger partial charge >= 0.3 is 0 Å². The molecule has 0 unspecified atom stereocenters. The standard InChI is InChI=1S/C9H16O2/c1-4-9(2,3)11-8-5-7(10)6-8/h8H,4-6H2,1-3H3. The molecule has 1 saturated carbocycles. The molecule has 0 aromatic heterocycles. The Hall–Kier alpha value is -0.370. The third-order valence-corrected chi connectivity index (χ3v) is 2.25. The number of hydrogen-bond acceptors (Lipinski definition) is 2. The predicted molar refractivity (Wildman–Crippen MR) is 43.5 cm³/mol. The van der Waals surface area contributed by atoms with Crippen LogP contribution in [-0.4, -0.2) is 17.5 Å². The maximum atomic E-state index is 10.6. The molecule has 0 atom stereocenters. The average Bonchev–Trinajstić information content (AvgIpc) is 1.84. The van der Waals surface area contributed by atoms with E-state index in [0.29, 0.717) is 18.6 Å². The number of hydrogen-bond donors (Lipinski definition) is 0. The van der Waals surface area contributed by atoms with Gasteiger partial charge < -0.3 is 4.74 Å². The number of ketones is 1. The van der Waals surface area contributed by atoms with Crippen LogP contribution in [0.25, 0.3) is 0 Å². The Kier molecular flexibility index (Phi) is 2.33. The van der Waals surface area contributed by atoms with Gasteiger partial charge in [0.25, 0.3) is 0 Å². The lowest BCUT2D eigenvalue weighted by molar-refractivity contribution is -0.147. The second-order valence-electron chi connectivity index (χ2n) is 3.80. The first kappa shape index (κ1) is 8.72. The van der Waals surface area contributed by atoms with Crippen LogP contribution >= 0.6 is 0 Å². The molecule has 0 aromatic carbocycles. The molecule has 2 nitrogen and oxygen atoms in total. The van der Waals surface area contributed by atoms with Crippen molar-refractivity contribution in [2.75, 3.05) is 0 Å². The molecular formula is C9H16O2. The van der Waals surface area contributed by atoms with Crippen molar-refractivity contribution in [2.45, 2.75) is 51.7 Å². The number of carbonyl (C=O) groups excluding carboxylic acids is 1. The molecule has 0 amide bonds. The van der Waals surface area contributed by atoms with Crippen LogP contribution in [0.4, 0.5) is 0 Å². The van der Waals surface area contributed by atoms with Crippen LogP contribution in [0.5, 0.6) is 0 Å². The molecule has 0 heterocycles. The molecule has 0 radical (unpaired) electrons. The molecule has 11 heavy (non-hydrogen) atoms. The summed E-state index contributed by atoms with van der Waals surface area (Å²) in [5, 5.41) is 0. The molecule has 0 aliphatic heterocycles. The zero-order chi connectivity index (χ0) is 8.48. The van der Waals surface area contributed by atoms with Crippen LogP contribution in [0.1, 0.15) is 40.0 Å².